The third-order valence-electron chi connectivity index (χ3n) is 3.46. The van der Waals surface area contributed by atoms with Gasteiger partial charge >= 0.3 is 0 Å². The van der Waals surface area contributed by atoms with E-state index in [0.717, 1.165) is 30.8 Å². The van der Waals surface area contributed by atoms with Crippen LogP contribution in [0, 0.1) is 0 Å². The Morgan fingerprint density at radius 3 is 2.68 bits per heavy atom. The van der Waals surface area contributed by atoms with Crippen LogP contribution in [0.25, 0.3) is 0 Å². The first kappa shape index (κ1) is 15.7. The SMILES string of the molecule is C=CC(=C/C1=C(NCCC)CCCC1)/N=C(/C)CC. The number of nitrogens with one attached hydrogen (secondary N) is 1. The highest BCUT2D eigenvalue weighted by atomic mass is 14.9. The van der Waals surface area contributed by atoms with E-state index in [1.165, 1.54) is 37.0 Å². The second kappa shape index (κ2) is 8.73. The van der Waals surface area contributed by atoms with Crippen LogP contribution in [0.2, 0.25) is 0 Å². The average molecular weight is 260 g/mol. The van der Waals surface area contributed by atoms with Gasteiger partial charge in [-0.1, -0.05) is 20.4 Å². The summed E-state index contributed by atoms with van der Waals surface area (Å²) in [6, 6.07) is 0. The molecule has 0 aromatic heterocycles. The lowest BCUT2D eigenvalue weighted by atomic mass is 9.95. The van der Waals surface area contributed by atoms with Crippen LogP contribution in [0.5, 0.6) is 0 Å². The molecule has 0 heterocycles. The van der Waals surface area contributed by atoms with Gasteiger partial charge in [-0.15, -0.1) is 0 Å². The van der Waals surface area contributed by atoms with Crippen molar-refractivity contribution in [2.24, 2.45) is 4.99 Å². The van der Waals surface area contributed by atoms with Gasteiger partial charge in [0, 0.05) is 18.0 Å². The number of hydrogen-bond donors (Lipinski definition) is 1. The molecule has 1 rings (SSSR count). The number of nitrogens with zero attached hydrogens (tertiary/aromatic N) is 1. The molecule has 0 aromatic carbocycles. The normalized spacial score (nSPS) is 17.6. The van der Waals surface area contributed by atoms with Crippen LogP contribution in [0.1, 0.15) is 59.3 Å². The zero-order valence-electron chi connectivity index (χ0n) is 12.8. The fourth-order valence-corrected chi connectivity index (χ4v) is 2.18. The minimum absolute atomic E-state index is 0.991. The Morgan fingerprint density at radius 2 is 2.05 bits per heavy atom. The smallest absolute Gasteiger partial charge is 0.0626 e. The molecule has 1 aliphatic rings. The van der Waals surface area contributed by atoms with E-state index in [-0.39, 0.29) is 0 Å². The standard InChI is InChI=1S/C17H28N2/c1-5-12-18-17-11-9-8-10-15(17)13-16(7-3)19-14(4)6-2/h7,13,18H,3,5-6,8-12H2,1-2,4H3/b16-13-,19-14-. The summed E-state index contributed by atoms with van der Waals surface area (Å²) in [4.78, 5) is 4.62. The highest BCUT2D eigenvalue weighted by Crippen LogP contribution is 2.25. The summed E-state index contributed by atoms with van der Waals surface area (Å²) in [6.45, 7) is 11.4. The fraction of sp³-hybridized carbons (Fsp3) is 0.588. The van der Waals surface area contributed by atoms with Crippen molar-refractivity contribution in [3.05, 3.63) is 35.7 Å². The minimum Gasteiger partial charge on any atom is -0.388 e. The summed E-state index contributed by atoms with van der Waals surface area (Å²) in [5.74, 6) is 0. The Balaban J connectivity index is 2.94. The van der Waals surface area contributed by atoms with Crippen LogP contribution in [0.15, 0.2) is 40.7 Å². The van der Waals surface area contributed by atoms with E-state index in [2.05, 4.69) is 43.7 Å². The van der Waals surface area contributed by atoms with Crippen molar-refractivity contribution in [3.8, 4) is 0 Å². The molecule has 0 amide bonds. The molecule has 0 saturated heterocycles. The maximum atomic E-state index is 4.62. The average Bonchev–Trinajstić information content (AvgIpc) is 2.45. The summed E-state index contributed by atoms with van der Waals surface area (Å²) in [5, 5.41) is 3.57. The van der Waals surface area contributed by atoms with Gasteiger partial charge in [0.15, 0.2) is 0 Å². The van der Waals surface area contributed by atoms with Crippen molar-refractivity contribution in [3.63, 3.8) is 0 Å². The Labute approximate surface area is 118 Å². The van der Waals surface area contributed by atoms with E-state index < -0.39 is 0 Å². The zero-order valence-corrected chi connectivity index (χ0v) is 12.8. The molecule has 0 aromatic rings. The number of aliphatic imine (C=N–C) groups is 1. The first-order valence-corrected chi connectivity index (χ1v) is 7.55. The Kier molecular flexibility index (Phi) is 7.24. The first-order chi connectivity index (χ1) is 9.21. The van der Waals surface area contributed by atoms with E-state index in [1.54, 1.807) is 0 Å². The monoisotopic (exact) mass is 260 g/mol. The van der Waals surface area contributed by atoms with E-state index in [1.807, 2.05) is 6.08 Å². The van der Waals surface area contributed by atoms with Crippen LogP contribution < -0.4 is 5.32 Å². The lowest BCUT2D eigenvalue weighted by Crippen LogP contribution is -2.18. The van der Waals surface area contributed by atoms with Crippen molar-refractivity contribution in [1.29, 1.82) is 0 Å². The maximum absolute atomic E-state index is 4.62. The lowest BCUT2D eigenvalue weighted by molar-refractivity contribution is 0.619. The molecule has 0 unspecified atom stereocenters. The molecular weight excluding hydrogens is 232 g/mol. The molecule has 0 spiro atoms. The van der Waals surface area contributed by atoms with Crippen LogP contribution in [0.3, 0.4) is 0 Å². The van der Waals surface area contributed by atoms with E-state index in [9.17, 15) is 0 Å². The van der Waals surface area contributed by atoms with Crippen molar-refractivity contribution in [2.75, 3.05) is 6.54 Å². The molecule has 0 bridgehead atoms. The van der Waals surface area contributed by atoms with Gasteiger partial charge in [-0.05, 0) is 63.2 Å². The number of hydrogen-bond acceptors (Lipinski definition) is 2. The largest absolute Gasteiger partial charge is 0.388 e. The third-order valence-corrected chi connectivity index (χ3v) is 3.46. The summed E-state index contributed by atoms with van der Waals surface area (Å²) >= 11 is 0. The number of rotatable bonds is 7. The summed E-state index contributed by atoms with van der Waals surface area (Å²) in [7, 11) is 0. The predicted molar refractivity (Wildman–Crippen MR) is 85.5 cm³/mol. The van der Waals surface area contributed by atoms with Gasteiger partial charge in [0.2, 0.25) is 0 Å². The van der Waals surface area contributed by atoms with Gasteiger partial charge in [0.05, 0.1) is 5.70 Å². The molecule has 106 valence electrons. The molecule has 1 N–H and O–H groups in total. The maximum Gasteiger partial charge on any atom is 0.0626 e. The van der Waals surface area contributed by atoms with Gasteiger partial charge < -0.3 is 5.32 Å². The molecule has 2 nitrogen and oxygen atoms in total. The van der Waals surface area contributed by atoms with Gasteiger partial charge in [-0.2, -0.15) is 0 Å². The minimum atomic E-state index is 0.991. The van der Waals surface area contributed by atoms with Crippen LogP contribution in [-0.4, -0.2) is 12.3 Å². The van der Waals surface area contributed by atoms with Crippen molar-refractivity contribution in [1.82, 2.24) is 5.32 Å². The molecule has 0 saturated carbocycles. The quantitative estimate of drug-likeness (QED) is 0.518. The second-order valence-corrected chi connectivity index (χ2v) is 5.11. The highest BCUT2D eigenvalue weighted by Gasteiger charge is 2.10. The summed E-state index contributed by atoms with van der Waals surface area (Å²) in [5.41, 5.74) is 4.98. The second-order valence-electron chi connectivity index (χ2n) is 5.11. The number of allylic oxidation sites excluding steroid dienone is 4. The van der Waals surface area contributed by atoms with Crippen molar-refractivity contribution >= 4 is 5.71 Å². The van der Waals surface area contributed by atoms with Crippen LogP contribution in [0.4, 0.5) is 0 Å². The fourth-order valence-electron chi connectivity index (χ4n) is 2.18. The van der Waals surface area contributed by atoms with Crippen LogP contribution in [-0.2, 0) is 0 Å². The summed E-state index contributed by atoms with van der Waals surface area (Å²) < 4.78 is 0. The van der Waals surface area contributed by atoms with E-state index in [4.69, 9.17) is 0 Å². The van der Waals surface area contributed by atoms with Gasteiger partial charge in [0.1, 0.15) is 0 Å². The van der Waals surface area contributed by atoms with E-state index in [0.29, 0.717) is 0 Å². The highest BCUT2D eigenvalue weighted by molar-refractivity contribution is 5.82. The topological polar surface area (TPSA) is 24.4 Å². The molecule has 1 aliphatic carbocycles. The van der Waals surface area contributed by atoms with Gasteiger partial charge in [-0.25, -0.2) is 0 Å². The molecule has 0 atom stereocenters. The van der Waals surface area contributed by atoms with Crippen LogP contribution >= 0.6 is 0 Å². The predicted octanol–water partition coefficient (Wildman–Crippen LogP) is 4.75. The molecule has 19 heavy (non-hydrogen) atoms. The Bertz CT molecular complexity index is 386. The molecule has 0 radical (unpaired) electrons. The lowest BCUT2D eigenvalue weighted by Gasteiger charge is -2.20. The Hall–Kier alpha value is -1.31. The molecule has 0 aliphatic heterocycles. The molecule has 2 heteroatoms. The van der Waals surface area contributed by atoms with Crippen molar-refractivity contribution < 1.29 is 0 Å². The Morgan fingerprint density at radius 1 is 1.32 bits per heavy atom. The van der Waals surface area contributed by atoms with Gasteiger partial charge in [0.25, 0.3) is 0 Å². The van der Waals surface area contributed by atoms with E-state index >= 15 is 0 Å². The molecular formula is C17H28N2. The van der Waals surface area contributed by atoms with Crippen molar-refractivity contribution in [2.45, 2.75) is 59.3 Å². The zero-order chi connectivity index (χ0) is 14.1. The molecule has 0 fully saturated rings. The van der Waals surface area contributed by atoms with Gasteiger partial charge in [-0.3, -0.25) is 4.99 Å². The summed E-state index contributed by atoms with van der Waals surface area (Å²) in [6.07, 6.45) is 11.1. The third kappa shape index (κ3) is 5.46. The first-order valence-electron chi connectivity index (χ1n) is 7.55.